The van der Waals surface area contributed by atoms with Crippen molar-refractivity contribution in [2.75, 3.05) is 31.1 Å². The van der Waals surface area contributed by atoms with E-state index >= 15 is 0 Å². The van der Waals surface area contributed by atoms with Crippen LogP contribution in [-0.2, 0) is 14.3 Å². The van der Waals surface area contributed by atoms with Gasteiger partial charge in [-0.1, -0.05) is 24.3 Å². The third kappa shape index (κ3) is 3.05. The van der Waals surface area contributed by atoms with Gasteiger partial charge in [0.25, 0.3) is 5.91 Å². The minimum atomic E-state index is -0.542. The lowest BCUT2D eigenvalue weighted by atomic mass is 9.92. The summed E-state index contributed by atoms with van der Waals surface area (Å²) >= 11 is 0. The molecule has 0 N–H and O–H groups in total. The average Bonchev–Trinajstić information content (AvgIpc) is 2.68. The fourth-order valence-electron chi connectivity index (χ4n) is 3.21. The summed E-state index contributed by atoms with van der Waals surface area (Å²) in [5, 5.41) is 0. The molecule has 4 rings (SSSR count). The van der Waals surface area contributed by atoms with Crippen LogP contribution in [0.5, 0.6) is 0 Å². The van der Waals surface area contributed by atoms with Crippen LogP contribution in [0.2, 0.25) is 0 Å². The van der Waals surface area contributed by atoms with Crippen LogP contribution in [0.3, 0.4) is 0 Å². The molecular weight excluding hydrogens is 320 g/mol. The van der Waals surface area contributed by atoms with Crippen molar-refractivity contribution in [2.24, 2.45) is 5.92 Å². The lowest BCUT2D eigenvalue weighted by Crippen LogP contribution is -2.50. The maximum atomic E-state index is 12.7. The molecular formula is C18H18N4O3. The van der Waals surface area contributed by atoms with E-state index in [1.54, 1.807) is 29.4 Å². The fourth-order valence-corrected chi connectivity index (χ4v) is 3.21. The Labute approximate surface area is 145 Å². The Hall–Kier alpha value is -2.96. The number of fused-ring (bicyclic) bond motifs is 1. The van der Waals surface area contributed by atoms with Gasteiger partial charge < -0.3 is 14.5 Å². The van der Waals surface area contributed by atoms with Crippen molar-refractivity contribution in [3.63, 3.8) is 0 Å². The van der Waals surface area contributed by atoms with Crippen molar-refractivity contribution in [2.45, 2.75) is 6.10 Å². The predicted octanol–water partition coefficient (Wildman–Crippen LogP) is 0.719. The zero-order valence-electron chi connectivity index (χ0n) is 13.6. The summed E-state index contributed by atoms with van der Waals surface area (Å²) in [6, 6.07) is 1.77. The molecule has 0 bridgehead atoms. The number of hydrogen-bond acceptors (Lipinski definition) is 6. The molecule has 7 heteroatoms. The molecule has 2 atom stereocenters. The standard InChI is InChI=1S/C18H18N4O3/c23-16(14-12-13-4-1-2-5-15(13)25-17(14)24)21-8-10-22(11-9-21)18-19-6-3-7-20-18/h1-7,12-13,15H,8-11H2. The van der Waals surface area contributed by atoms with E-state index in [-0.39, 0.29) is 23.5 Å². The van der Waals surface area contributed by atoms with Crippen molar-refractivity contribution in [3.8, 4) is 0 Å². The minimum absolute atomic E-state index is 0.0688. The number of ether oxygens (including phenoxy) is 1. The number of esters is 1. The Morgan fingerprint density at radius 1 is 1.08 bits per heavy atom. The molecule has 3 heterocycles. The van der Waals surface area contributed by atoms with Crippen LogP contribution >= 0.6 is 0 Å². The number of piperazine rings is 1. The quantitative estimate of drug-likeness (QED) is 0.584. The van der Waals surface area contributed by atoms with Gasteiger partial charge in [0.15, 0.2) is 0 Å². The molecule has 0 spiro atoms. The van der Waals surface area contributed by atoms with Gasteiger partial charge in [0.05, 0.1) is 0 Å². The summed E-state index contributed by atoms with van der Waals surface area (Å²) in [6.45, 7) is 2.30. The Morgan fingerprint density at radius 2 is 1.80 bits per heavy atom. The zero-order chi connectivity index (χ0) is 17.2. The maximum absolute atomic E-state index is 12.7. The zero-order valence-corrected chi connectivity index (χ0v) is 13.6. The molecule has 1 saturated heterocycles. The highest BCUT2D eigenvalue weighted by Crippen LogP contribution is 2.26. The number of amides is 1. The Morgan fingerprint density at radius 3 is 2.56 bits per heavy atom. The topological polar surface area (TPSA) is 75.6 Å². The molecule has 0 radical (unpaired) electrons. The van der Waals surface area contributed by atoms with E-state index in [1.165, 1.54) is 0 Å². The number of carbonyl (C=O) groups excluding carboxylic acids is 2. The van der Waals surface area contributed by atoms with Crippen LogP contribution in [0.1, 0.15) is 0 Å². The van der Waals surface area contributed by atoms with Gasteiger partial charge in [-0.3, -0.25) is 4.79 Å². The van der Waals surface area contributed by atoms with E-state index in [1.807, 2.05) is 29.2 Å². The van der Waals surface area contributed by atoms with Crippen LogP contribution < -0.4 is 4.90 Å². The molecule has 7 nitrogen and oxygen atoms in total. The number of anilines is 1. The molecule has 2 aliphatic heterocycles. The maximum Gasteiger partial charge on any atom is 0.344 e. The summed E-state index contributed by atoms with van der Waals surface area (Å²) < 4.78 is 5.38. The number of carbonyl (C=O) groups is 2. The van der Waals surface area contributed by atoms with Crippen molar-refractivity contribution >= 4 is 17.8 Å². The van der Waals surface area contributed by atoms with Gasteiger partial charge in [0, 0.05) is 44.5 Å². The highest BCUT2D eigenvalue weighted by Gasteiger charge is 2.35. The minimum Gasteiger partial charge on any atom is -0.453 e. The third-order valence-corrected chi connectivity index (χ3v) is 4.58. The van der Waals surface area contributed by atoms with Gasteiger partial charge in [-0.2, -0.15) is 0 Å². The van der Waals surface area contributed by atoms with Gasteiger partial charge in [0.2, 0.25) is 5.95 Å². The Bertz CT molecular complexity index is 764. The first-order chi connectivity index (χ1) is 12.2. The van der Waals surface area contributed by atoms with Gasteiger partial charge in [0.1, 0.15) is 11.7 Å². The monoisotopic (exact) mass is 338 g/mol. The molecule has 2 unspecified atom stereocenters. The van der Waals surface area contributed by atoms with E-state index < -0.39 is 5.97 Å². The lowest BCUT2D eigenvalue weighted by molar-refractivity contribution is -0.147. The smallest absolute Gasteiger partial charge is 0.344 e. The first kappa shape index (κ1) is 15.6. The number of allylic oxidation sites excluding steroid dienone is 2. The summed E-state index contributed by atoms with van der Waals surface area (Å²) in [4.78, 5) is 37.1. The molecule has 0 aromatic carbocycles. The van der Waals surface area contributed by atoms with Crippen molar-refractivity contribution in [1.29, 1.82) is 0 Å². The second kappa shape index (κ2) is 6.51. The van der Waals surface area contributed by atoms with Crippen LogP contribution in [0.4, 0.5) is 5.95 Å². The number of nitrogens with zero attached hydrogens (tertiary/aromatic N) is 4. The van der Waals surface area contributed by atoms with E-state index in [2.05, 4.69) is 9.97 Å². The summed E-state index contributed by atoms with van der Waals surface area (Å²) in [5.41, 5.74) is 0.130. The fraction of sp³-hybridized carbons (Fsp3) is 0.333. The molecule has 0 saturated carbocycles. The molecule has 1 aromatic heterocycles. The molecule has 1 aromatic rings. The first-order valence-electron chi connectivity index (χ1n) is 8.31. The molecule has 25 heavy (non-hydrogen) atoms. The predicted molar refractivity (Wildman–Crippen MR) is 90.6 cm³/mol. The van der Waals surface area contributed by atoms with Crippen molar-refractivity contribution in [1.82, 2.24) is 14.9 Å². The van der Waals surface area contributed by atoms with Crippen LogP contribution in [0, 0.1) is 5.92 Å². The summed E-state index contributed by atoms with van der Waals surface area (Å²) in [7, 11) is 0. The average molecular weight is 338 g/mol. The van der Waals surface area contributed by atoms with Crippen molar-refractivity contribution < 1.29 is 14.3 Å². The third-order valence-electron chi connectivity index (χ3n) is 4.58. The van der Waals surface area contributed by atoms with Crippen LogP contribution in [-0.4, -0.2) is 59.0 Å². The second-order valence-electron chi connectivity index (χ2n) is 6.13. The van der Waals surface area contributed by atoms with E-state index in [0.717, 1.165) is 0 Å². The van der Waals surface area contributed by atoms with Gasteiger partial charge in [-0.25, -0.2) is 14.8 Å². The largest absolute Gasteiger partial charge is 0.453 e. The molecule has 1 aliphatic carbocycles. The SMILES string of the molecule is O=C1OC2C=CC=CC2C=C1C(=O)N1CCN(c2ncccn2)CC1. The number of hydrogen-bond donors (Lipinski definition) is 0. The first-order valence-corrected chi connectivity index (χ1v) is 8.31. The number of rotatable bonds is 2. The van der Waals surface area contributed by atoms with E-state index in [9.17, 15) is 9.59 Å². The van der Waals surface area contributed by atoms with Crippen LogP contribution in [0.15, 0.2) is 54.4 Å². The molecule has 3 aliphatic rings. The molecule has 1 fully saturated rings. The number of aromatic nitrogens is 2. The normalized spacial score (nSPS) is 25.3. The van der Waals surface area contributed by atoms with Gasteiger partial charge in [-0.05, 0) is 12.1 Å². The van der Waals surface area contributed by atoms with E-state index in [4.69, 9.17) is 4.74 Å². The Kier molecular flexibility index (Phi) is 4.05. The van der Waals surface area contributed by atoms with Crippen LogP contribution in [0.25, 0.3) is 0 Å². The molecule has 1 amide bonds. The highest BCUT2D eigenvalue weighted by atomic mass is 16.5. The van der Waals surface area contributed by atoms with Gasteiger partial charge in [-0.15, -0.1) is 0 Å². The Balaban J connectivity index is 1.44. The summed E-state index contributed by atoms with van der Waals surface area (Å²) in [6.07, 6.45) is 12.3. The lowest BCUT2D eigenvalue weighted by Gasteiger charge is -2.36. The van der Waals surface area contributed by atoms with E-state index in [0.29, 0.717) is 32.1 Å². The summed E-state index contributed by atoms with van der Waals surface area (Å²) in [5.74, 6) is -0.214. The van der Waals surface area contributed by atoms with Gasteiger partial charge >= 0.3 is 5.97 Å². The molecule has 128 valence electrons. The van der Waals surface area contributed by atoms with Crippen molar-refractivity contribution in [3.05, 3.63) is 54.4 Å². The highest BCUT2D eigenvalue weighted by molar-refractivity contribution is 6.16. The second-order valence-corrected chi connectivity index (χ2v) is 6.13.